The molecule has 0 aliphatic carbocycles. The van der Waals surface area contributed by atoms with Crippen LogP contribution in [0.25, 0.3) is 0 Å². The highest BCUT2D eigenvalue weighted by Gasteiger charge is 2.32. The fourth-order valence-electron chi connectivity index (χ4n) is 2.81. The fourth-order valence-corrected chi connectivity index (χ4v) is 5.42. The number of rotatable bonds is 5. The first-order chi connectivity index (χ1) is 11.9. The molecular weight excluding hydrogens is 362 g/mol. The first-order valence-corrected chi connectivity index (χ1v) is 10.6. The maximum absolute atomic E-state index is 11.6. The minimum Gasteiger partial charge on any atom is -0.465 e. The molecule has 3 rings (SSSR count). The Hall–Kier alpha value is -1.87. The number of carbonyl (C=O) groups is 1. The molecule has 1 atom stereocenters. The van der Waals surface area contributed by atoms with Crippen molar-refractivity contribution in [3.8, 4) is 0 Å². The number of benzene rings is 1. The Balaban J connectivity index is 1.65. The van der Waals surface area contributed by atoms with Gasteiger partial charge in [0.15, 0.2) is 15.0 Å². The molecule has 7 nitrogen and oxygen atoms in total. The molecule has 0 bridgehead atoms. The van der Waals surface area contributed by atoms with Crippen molar-refractivity contribution in [1.82, 2.24) is 14.8 Å². The minimum absolute atomic E-state index is 0.0730. The summed E-state index contributed by atoms with van der Waals surface area (Å²) in [5.74, 6) is 1.35. The van der Waals surface area contributed by atoms with Crippen LogP contribution in [0.3, 0.4) is 0 Å². The van der Waals surface area contributed by atoms with E-state index >= 15 is 0 Å². The first-order valence-electron chi connectivity index (χ1n) is 7.79. The fraction of sp³-hybridized carbons (Fsp3) is 0.438. The Morgan fingerprint density at radius 1 is 1.32 bits per heavy atom. The van der Waals surface area contributed by atoms with Gasteiger partial charge in [0.25, 0.3) is 0 Å². The summed E-state index contributed by atoms with van der Waals surface area (Å²) in [6.45, 7) is 0. The third kappa shape index (κ3) is 4.04. The average Bonchev–Trinajstić information content (AvgIpc) is 3.14. The number of nitrogens with zero attached hydrogens (tertiary/aromatic N) is 3. The molecule has 134 valence electrons. The highest BCUT2D eigenvalue weighted by Crippen LogP contribution is 2.30. The van der Waals surface area contributed by atoms with Gasteiger partial charge in [-0.15, -0.1) is 10.2 Å². The van der Waals surface area contributed by atoms with Crippen LogP contribution in [-0.4, -0.2) is 47.8 Å². The predicted octanol–water partition coefficient (Wildman–Crippen LogP) is 1.80. The van der Waals surface area contributed by atoms with Gasteiger partial charge in [-0.3, -0.25) is 0 Å². The van der Waals surface area contributed by atoms with Crippen molar-refractivity contribution in [3.05, 3.63) is 41.2 Å². The van der Waals surface area contributed by atoms with E-state index < -0.39 is 9.84 Å². The second kappa shape index (κ2) is 7.17. The van der Waals surface area contributed by atoms with Crippen LogP contribution in [0, 0.1) is 0 Å². The van der Waals surface area contributed by atoms with Crippen LogP contribution in [0.2, 0.25) is 0 Å². The van der Waals surface area contributed by atoms with Gasteiger partial charge in [-0.2, -0.15) is 0 Å². The number of aromatic nitrogens is 3. The number of methoxy groups -OCH3 is 1. The van der Waals surface area contributed by atoms with Crippen LogP contribution < -0.4 is 0 Å². The lowest BCUT2D eigenvalue weighted by Crippen LogP contribution is -2.09. The van der Waals surface area contributed by atoms with Gasteiger partial charge >= 0.3 is 5.97 Å². The molecule has 9 heteroatoms. The summed E-state index contributed by atoms with van der Waals surface area (Å²) in [4.78, 5) is 11.4. The average molecular weight is 381 g/mol. The number of hydrogen-bond donors (Lipinski definition) is 0. The zero-order chi connectivity index (χ0) is 18.0. The molecule has 0 unspecified atom stereocenters. The van der Waals surface area contributed by atoms with Crippen molar-refractivity contribution < 1.29 is 17.9 Å². The molecule has 1 aromatic heterocycles. The second-order valence-electron chi connectivity index (χ2n) is 5.98. The van der Waals surface area contributed by atoms with E-state index in [1.807, 2.05) is 23.7 Å². The molecule has 0 spiro atoms. The van der Waals surface area contributed by atoms with Gasteiger partial charge in [-0.25, -0.2) is 13.2 Å². The maximum atomic E-state index is 11.6. The van der Waals surface area contributed by atoms with E-state index in [2.05, 4.69) is 14.9 Å². The second-order valence-corrected chi connectivity index (χ2v) is 9.15. The number of ether oxygens (including phenoxy) is 1. The van der Waals surface area contributed by atoms with E-state index in [-0.39, 0.29) is 23.4 Å². The summed E-state index contributed by atoms with van der Waals surface area (Å²) in [5.41, 5.74) is 1.56. The minimum atomic E-state index is -2.95. The topological polar surface area (TPSA) is 91.2 Å². The van der Waals surface area contributed by atoms with Crippen LogP contribution in [-0.2, 0) is 27.4 Å². The zero-order valence-corrected chi connectivity index (χ0v) is 15.6. The quantitative estimate of drug-likeness (QED) is 0.576. The zero-order valence-electron chi connectivity index (χ0n) is 14.0. The van der Waals surface area contributed by atoms with Crippen molar-refractivity contribution in [2.75, 3.05) is 18.6 Å². The van der Waals surface area contributed by atoms with Gasteiger partial charge in [0.05, 0.1) is 24.2 Å². The van der Waals surface area contributed by atoms with Gasteiger partial charge < -0.3 is 9.30 Å². The third-order valence-electron chi connectivity index (χ3n) is 4.21. The molecule has 2 aromatic rings. The van der Waals surface area contributed by atoms with Crippen LogP contribution in [0.1, 0.15) is 34.1 Å². The molecule has 0 saturated carbocycles. The molecule has 1 aliphatic rings. The smallest absolute Gasteiger partial charge is 0.337 e. The lowest BCUT2D eigenvalue weighted by molar-refractivity contribution is 0.0600. The van der Waals surface area contributed by atoms with E-state index in [1.165, 1.54) is 18.9 Å². The summed E-state index contributed by atoms with van der Waals surface area (Å²) in [7, 11) is 0.273. The summed E-state index contributed by atoms with van der Waals surface area (Å²) in [6, 6.07) is 7.21. The summed E-state index contributed by atoms with van der Waals surface area (Å²) >= 11 is 1.52. The number of hydrogen-bond acceptors (Lipinski definition) is 7. The number of sulfone groups is 1. The molecule has 1 aliphatic heterocycles. The summed E-state index contributed by atoms with van der Waals surface area (Å²) in [6.07, 6.45) is 0.605. The van der Waals surface area contributed by atoms with Crippen molar-refractivity contribution in [2.24, 2.45) is 7.05 Å². The van der Waals surface area contributed by atoms with E-state index in [1.54, 1.807) is 12.1 Å². The van der Waals surface area contributed by atoms with Crippen molar-refractivity contribution >= 4 is 27.6 Å². The summed E-state index contributed by atoms with van der Waals surface area (Å²) < 4.78 is 29.8. The van der Waals surface area contributed by atoms with Gasteiger partial charge in [0.1, 0.15) is 5.82 Å². The Bertz CT molecular complexity index is 875. The molecule has 1 aromatic carbocycles. The maximum Gasteiger partial charge on any atom is 0.337 e. The van der Waals surface area contributed by atoms with Gasteiger partial charge in [0.2, 0.25) is 0 Å². The largest absolute Gasteiger partial charge is 0.465 e. The van der Waals surface area contributed by atoms with Crippen LogP contribution >= 0.6 is 11.8 Å². The highest BCUT2D eigenvalue weighted by atomic mass is 32.2. The molecular formula is C16H19N3O4S2. The Labute approximate surface area is 150 Å². The Morgan fingerprint density at radius 2 is 2.04 bits per heavy atom. The summed E-state index contributed by atoms with van der Waals surface area (Å²) in [5, 5.41) is 9.13. The predicted molar refractivity (Wildman–Crippen MR) is 94.4 cm³/mol. The molecule has 0 N–H and O–H groups in total. The number of carbonyl (C=O) groups excluding carboxylic acids is 1. The first kappa shape index (κ1) is 17.9. The van der Waals surface area contributed by atoms with E-state index in [0.29, 0.717) is 17.7 Å². The van der Waals surface area contributed by atoms with Crippen LogP contribution in [0.15, 0.2) is 29.4 Å². The molecule has 1 saturated heterocycles. The van der Waals surface area contributed by atoms with Gasteiger partial charge in [0, 0.05) is 18.7 Å². The van der Waals surface area contributed by atoms with Gasteiger partial charge in [-0.05, 0) is 24.1 Å². The number of esters is 1. The third-order valence-corrected chi connectivity index (χ3v) is 7.07. The molecule has 25 heavy (non-hydrogen) atoms. The monoisotopic (exact) mass is 381 g/mol. The lowest BCUT2D eigenvalue weighted by atomic mass is 10.1. The normalized spacial score (nSPS) is 19.0. The van der Waals surface area contributed by atoms with Crippen molar-refractivity contribution in [1.29, 1.82) is 0 Å². The molecule has 2 heterocycles. The van der Waals surface area contributed by atoms with Crippen LogP contribution in [0.4, 0.5) is 0 Å². The highest BCUT2D eigenvalue weighted by molar-refractivity contribution is 7.98. The molecule has 0 amide bonds. The van der Waals surface area contributed by atoms with Crippen LogP contribution in [0.5, 0.6) is 0 Å². The van der Waals surface area contributed by atoms with Gasteiger partial charge in [-0.1, -0.05) is 23.9 Å². The van der Waals surface area contributed by atoms with Crippen molar-refractivity contribution in [2.45, 2.75) is 23.2 Å². The molecule has 0 radical (unpaired) electrons. The van der Waals surface area contributed by atoms with E-state index in [9.17, 15) is 13.2 Å². The lowest BCUT2D eigenvalue weighted by Gasteiger charge is -2.08. The number of thioether (sulfide) groups is 1. The van der Waals surface area contributed by atoms with E-state index in [0.717, 1.165) is 16.5 Å². The molecule has 1 fully saturated rings. The van der Waals surface area contributed by atoms with E-state index in [4.69, 9.17) is 0 Å². The Morgan fingerprint density at radius 3 is 2.64 bits per heavy atom. The standard InChI is InChI=1S/C16H19N3O4S2/c1-19-14(13-7-8-25(21,22)10-13)17-18-16(19)24-9-11-3-5-12(6-4-11)15(20)23-2/h3-6,13H,7-10H2,1-2H3/t13-/m1/s1. The van der Waals surface area contributed by atoms with Crippen molar-refractivity contribution in [3.63, 3.8) is 0 Å². The SMILES string of the molecule is COC(=O)c1ccc(CSc2nnc([C@@H]3CCS(=O)(=O)C3)n2C)cc1. The Kier molecular flexibility index (Phi) is 5.14.